The third-order valence-electron chi connectivity index (χ3n) is 1.92. The van der Waals surface area contributed by atoms with Crippen molar-refractivity contribution in [3.63, 3.8) is 0 Å². The Morgan fingerprint density at radius 3 is 2.81 bits per heavy atom. The van der Waals surface area contributed by atoms with Gasteiger partial charge in [-0.1, -0.05) is 0 Å². The van der Waals surface area contributed by atoms with Crippen molar-refractivity contribution < 1.29 is 8.81 Å². The van der Waals surface area contributed by atoms with Crippen LogP contribution in [0.2, 0.25) is 0 Å². The standard InChI is InChI=1S/C10H5FIN3O/c11-5-1-2-6(7(12)3-5)10-15-8(4-13)9(14)16-10/h1-3H,14H2. The van der Waals surface area contributed by atoms with Gasteiger partial charge in [0, 0.05) is 3.57 Å². The zero-order valence-electron chi connectivity index (χ0n) is 7.87. The predicted octanol–water partition coefficient (Wildman–Crippen LogP) is 2.54. The molecule has 80 valence electrons. The van der Waals surface area contributed by atoms with Gasteiger partial charge in [0.05, 0.1) is 5.56 Å². The summed E-state index contributed by atoms with van der Waals surface area (Å²) in [6.07, 6.45) is 0. The van der Waals surface area contributed by atoms with Gasteiger partial charge < -0.3 is 10.2 Å². The first kappa shape index (κ1) is 10.9. The molecular formula is C10H5FIN3O. The van der Waals surface area contributed by atoms with Crippen LogP contribution >= 0.6 is 22.6 Å². The average Bonchev–Trinajstić information content (AvgIpc) is 2.59. The summed E-state index contributed by atoms with van der Waals surface area (Å²) in [5.41, 5.74) is 6.08. The smallest absolute Gasteiger partial charge is 0.231 e. The number of nitrogen functional groups attached to an aromatic ring is 1. The van der Waals surface area contributed by atoms with Crippen LogP contribution in [0.15, 0.2) is 22.6 Å². The SMILES string of the molecule is N#Cc1nc(-c2ccc(F)cc2I)oc1N. The highest BCUT2D eigenvalue weighted by molar-refractivity contribution is 14.1. The van der Waals surface area contributed by atoms with Crippen molar-refractivity contribution in [2.75, 3.05) is 5.73 Å². The highest BCUT2D eigenvalue weighted by Gasteiger charge is 2.14. The second-order valence-electron chi connectivity index (χ2n) is 2.97. The van der Waals surface area contributed by atoms with Crippen molar-refractivity contribution in [1.82, 2.24) is 4.98 Å². The minimum Gasteiger partial charge on any atom is -0.419 e. The number of nitrogens with two attached hydrogens (primary N) is 1. The molecule has 0 amide bonds. The van der Waals surface area contributed by atoms with Crippen LogP contribution in [0, 0.1) is 20.7 Å². The fourth-order valence-corrected chi connectivity index (χ4v) is 1.90. The molecule has 0 unspecified atom stereocenters. The van der Waals surface area contributed by atoms with E-state index in [2.05, 4.69) is 4.98 Å². The zero-order chi connectivity index (χ0) is 11.7. The molecule has 0 atom stereocenters. The van der Waals surface area contributed by atoms with E-state index in [1.54, 1.807) is 0 Å². The molecule has 4 nitrogen and oxygen atoms in total. The number of halogens is 2. The molecule has 2 rings (SSSR count). The van der Waals surface area contributed by atoms with E-state index in [0.29, 0.717) is 9.13 Å². The fourth-order valence-electron chi connectivity index (χ4n) is 1.19. The van der Waals surface area contributed by atoms with Gasteiger partial charge in [0.1, 0.15) is 11.9 Å². The third-order valence-corrected chi connectivity index (χ3v) is 2.81. The molecule has 0 saturated heterocycles. The lowest BCUT2D eigenvalue weighted by Gasteiger charge is -1.98. The maximum atomic E-state index is 12.9. The van der Waals surface area contributed by atoms with Crippen LogP contribution < -0.4 is 5.73 Å². The summed E-state index contributed by atoms with van der Waals surface area (Å²) in [6, 6.07) is 5.99. The lowest BCUT2D eigenvalue weighted by Crippen LogP contribution is -1.85. The van der Waals surface area contributed by atoms with Crippen molar-refractivity contribution in [3.8, 4) is 17.5 Å². The maximum absolute atomic E-state index is 12.9. The predicted molar refractivity (Wildman–Crippen MR) is 63.7 cm³/mol. The summed E-state index contributed by atoms with van der Waals surface area (Å²) in [7, 11) is 0. The van der Waals surface area contributed by atoms with Gasteiger partial charge in [0.15, 0.2) is 0 Å². The van der Waals surface area contributed by atoms with Gasteiger partial charge in [-0.3, -0.25) is 0 Å². The Hall–Kier alpha value is -1.62. The molecule has 0 saturated carbocycles. The molecule has 0 aliphatic heterocycles. The molecule has 1 aromatic carbocycles. The van der Waals surface area contributed by atoms with Gasteiger partial charge in [-0.2, -0.15) is 10.2 Å². The summed E-state index contributed by atoms with van der Waals surface area (Å²) in [5, 5.41) is 8.68. The lowest BCUT2D eigenvalue weighted by molar-refractivity contribution is 0.592. The van der Waals surface area contributed by atoms with Crippen molar-refractivity contribution in [2.45, 2.75) is 0 Å². The van der Waals surface area contributed by atoms with E-state index < -0.39 is 0 Å². The Balaban J connectivity index is 2.55. The minimum atomic E-state index is -0.340. The van der Waals surface area contributed by atoms with Crippen LogP contribution in [-0.4, -0.2) is 4.98 Å². The molecule has 2 aromatic rings. The van der Waals surface area contributed by atoms with Crippen LogP contribution in [0.1, 0.15) is 5.69 Å². The lowest BCUT2D eigenvalue weighted by atomic mass is 10.2. The summed E-state index contributed by atoms with van der Waals surface area (Å²) < 4.78 is 18.7. The van der Waals surface area contributed by atoms with Crippen molar-refractivity contribution in [2.24, 2.45) is 0 Å². The van der Waals surface area contributed by atoms with Crippen molar-refractivity contribution in [1.29, 1.82) is 5.26 Å². The zero-order valence-corrected chi connectivity index (χ0v) is 10.0. The molecule has 0 radical (unpaired) electrons. The summed E-state index contributed by atoms with van der Waals surface area (Å²) >= 11 is 1.96. The highest BCUT2D eigenvalue weighted by atomic mass is 127. The van der Waals surface area contributed by atoms with Crippen LogP contribution in [0.3, 0.4) is 0 Å². The molecule has 2 N–H and O–H groups in total. The van der Waals surface area contributed by atoms with Crippen molar-refractivity contribution in [3.05, 3.63) is 33.3 Å². The molecule has 0 aliphatic rings. The van der Waals surface area contributed by atoms with Gasteiger partial charge in [-0.25, -0.2) is 4.39 Å². The summed E-state index contributed by atoms with van der Waals surface area (Å²) in [4.78, 5) is 3.91. The van der Waals surface area contributed by atoms with E-state index in [1.807, 2.05) is 28.7 Å². The van der Waals surface area contributed by atoms with Crippen LogP contribution in [0.25, 0.3) is 11.5 Å². The number of nitriles is 1. The highest BCUT2D eigenvalue weighted by Crippen LogP contribution is 2.27. The molecule has 16 heavy (non-hydrogen) atoms. The first-order chi connectivity index (χ1) is 7.61. The Morgan fingerprint density at radius 1 is 1.50 bits per heavy atom. The number of rotatable bonds is 1. The largest absolute Gasteiger partial charge is 0.419 e. The second-order valence-corrected chi connectivity index (χ2v) is 4.13. The Morgan fingerprint density at radius 2 is 2.25 bits per heavy atom. The first-order valence-electron chi connectivity index (χ1n) is 4.23. The van der Waals surface area contributed by atoms with Crippen LogP contribution in [0.4, 0.5) is 10.3 Å². The molecule has 1 heterocycles. The molecule has 0 bridgehead atoms. The quantitative estimate of drug-likeness (QED) is 0.816. The molecule has 0 spiro atoms. The van der Waals surface area contributed by atoms with Crippen LogP contribution in [0.5, 0.6) is 0 Å². The van der Waals surface area contributed by atoms with E-state index >= 15 is 0 Å². The van der Waals surface area contributed by atoms with E-state index in [4.69, 9.17) is 15.4 Å². The molecular weight excluding hydrogens is 324 g/mol. The normalized spacial score (nSPS) is 10.1. The summed E-state index contributed by atoms with van der Waals surface area (Å²) in [5.74, 6) is -0.149. The fraction of sp³-hybridized carbons (Fsp3) is 0. The van der Waals surface area contributed by atoms with Crippen LogP contribution in [-0.2, 0) is 0 Å². The monoisotopic (exact) mass is 329 g/mol. The Bertz CT molecular complexity index is 588. The van der Waals surface area contributed by atoms with Gasteiger partial charge in [0.2, 0.25) is 17.5 Å². The molecule has 6 heteroatoms. The molecule has 0 aliphatic carbocycles. The van der Waals surface area contributed by atoms with E-state index in [-0.39, 0.29) is 23.3 Å². The maximum Gasteiger partial charge on any atom is 0.231 e. The van der Waals surface area contributed by atoms with E-state index in [1.165, 1.54) is 18.2 Å². The number of hydrogen-bond acceptors (Lipinski definition) is 4. The number of hydrogen-bond donors (Lipinski definition) is 1. The third kappa shape index (κ3) is 1.86. The van der Waals surface area contributed by atoms with E-state index in [9.17, 15) is 4.39 Å². The van der Waals surface area contributed by atoms with Gasteiger partial charge in [-0.15, -0.1) is 0 Å². The summed E-state index contributed by atoms with van der Waals surface area (Å²) in [6.45, 7) is 0. The van der Waals surface area contributed by atoms with Gasteiger partial charge in [0.25, 0.3) is 0 Å². The van der Waals surface area contributed by atoms with E-state index in [0.717, 1.165) is 0 Å². The molecule has 1 aromatic heterocycles. The first-order valence-corrected chi connectivity index (χ1v) is 5.31. The average molecular weight is 329 g/mol. The number of oxazole rings is 1. The number of benzene rings is 1. The van der Waals surface area contributed by atoms with Gasteiger partial charge >= 0.3 is 0 Å². The Kier molecular flexibility index (Phi) is 2.78. The molecule has 0 fully saturated rings. The van der Waals surface area contributed by atoms with Crippen molar-refractivity contribution >= 4 is 28.5 Å². The second kappa shape index (κ2) is 4.09. The minimum absolute atomic E-state index is 0.0300. The Labute approximate surface area is 104 Å². The topological polar surface area (TPSA) is 75.8 Å². The van der Waals surface area contributed by atoms with Gasteiger partial charge in [-0.05, 0) is 40.8 Å². The number of nitrogens with zero attached hydrogens (tertiary/aromatic N) is 2. The number of anilines is 1. The number of aromatic nitrogens is 1.